The Morgan fingerprint density at radius 1 is 1.33 bits per heavy atom. The standard InChI is InChI=1S/C14H21N3O3S/c1-4-7-15-21(19,20)16-12-5-6-13-11(8-12)9-14(18)17(13)10(2)3/h5-6,8,10,15-16H,4,7,9H2,1-3H3. The van der Waals surface area contributed by atoms with E-state index in [1.807, 2.05) is 20.8 Å². The molecular formula is C14H21N3O3S. The first kappa shape index (κ1) is 15.8. The van der Waals surface area contributed by atoms with Crippen LogP contribution in [-0.2, 0) is 21.4 Å². The zero-order valence-electron chi connectivity index (χ0n) is 12.5. The number of fused-ring (bicyclic) bond motifs is 1. The fourth-order valence-electron chi connectivity index (χ4n) is 2.40. The molecule has 0 saturated carbocycles. The third kappa shape index (κ3) is 3.54. The van der Waals surface area contributed by atoms with E-state index in [2.05, 4.69) is 9.44 Å². The summed E-state index contributed by atoms with van der Waals surface area (Å²) in [5.41, 5.74) is 2.18. The van der Waals surface area contributed by atoms with Crippen molar-refractivity contribution in [3.05, 3.63) is 23.8 Å². The van der Waals surface area contributed by atoms with E-state index in [9.17, 15) is 13.2 Å². The highest BCUT2D eigenvalue weighted by atomic mass is 32.2. The number of nitrogens with one attached hydrogen (secondary N) is 2. The fraction of sp³-hybridized carbons (Fsp3) is 0.500. The number of amides is 1. The van der Waals surface area contributed by atoms with Gasteiger partial charge in [-0.15, -0.1) is 0 Å². The van der Waals surface area contributed by atoms with Gasteiger partial charge in [0.05, 0.1) is 12.1 Å². The van der Waals surface area contributed by atoms with E-state index >= 15 is 0 Å². The molecule has 1 amide bonds. The Labute approximate surface area is 125 Å². The van der Waals surface area contributed by atoms with Gasteiger partial charge >= 0.3 is 0 Å². The van der Waals surface area contributed by atoms with E-state index in [0.29, 0.717) is 18.7 Å². The Morgan fingerprint density at radius 3 is 2.67 bits per heavy atom. The van der Waals surface area contributed by atoms with E-state index in [4.69, 9.17) is 0 Å². The zero-order chi connectivity index (χ0) is 15.6. The molecule has 21 heavy (non-hydrogen) atoms. The van der Waals surface area contributed by atoms with Gasteiger partial charge in [-0.25, -0.2) is 0 Å². The van der Waals surface area contributed by atoms with Crippen LogP contribution in [0.25, 0.3) is 0 Å². The predicted octanol–water partition coefficient (Wildman–Crippen LogP) is 1.64. The maximum absolute atomic E-state index is 12.0. The molecule has 1 aromatic carbocycles. The number of anilines is 2. The van der Waals surface area contributed by atoms with Crippen LogP contribution in [0.2, 0.25) is 0 Å². The maximum atomic E-state index is 12.0. The van der Waals surface area contributed by atoms with Gasteiger partial charge in [-0.05, 0) is 44.0 Å². The number of hydrogen-bond acceptors (Lipinski definition) is 3. The average Bonchev–Trinajstić information content (AvgIpc) is 2.71. The van der Waals surface area contributed by atoms with Gasteiger partial charge < -0.3 is 4.90 Å². The van der Waals surface area contributed by atoms with Crippen molar-refractivity contribution in [1.82, 2.24) is 4.72 Å². The fourth-order valence-corrected chi connectivity index (χ4v) is 3.38. The molecule has 1 aromatic rings. The Bertz CT molecular complexity index is 641. The van der Waals surface area contributed by atoms with Crippen molar-refractivity contribution in [3.8, 4) is 0 Å². The molecule has 0 unspecified atom stereocenters. The Balaban J connectivity index is 2.20. The van der Waals surface area contributed by atoms with Gasteiger partial charge in [-0.3, -0.25) is 9.52 Å². The van der Waals surface area contributed by atoms with Crippen molar-refractivity contribution < 1.29 is 13.2 Å². The number of benzene rings is 1. The first-order valence-electron chi connectivity index (χ1n) is 7.06. The lowest BCUT2D eigenvalue weighted by Crippen LogP contribution is -2.33. The maximum Gasteiger partial charge on any atom is 0.299 e. The van der Waals surface area contributed by atoms with Crippen LogP contribution in [0.3, 0.4) is 0 Å². The number of rotatable bonds is 6. The van der Waals surface area contributed by atoms with Gasteiger partial charge in [0.25, 0.3) is 10.2 Å². The molecule has 0 bridgehead atoms. The second-order valence-corrected chi connectivity index (χ2v) is 6.88. The van der Waals surface area contributed by atoms with E-state index in [-0.39, 0.29) is 11.9 Å². The largest absolute Gasteiger partial charge is 0.309 e. The molecule has 2 N–H and O–H groups in total. The first-order valence-corrected chi connectivity index (χ1v) is 8.54. The lowest BCUT2D eigenvalue weighted by Gasteiger charge is -2.22. The summed E-state index contributed by atoms with van der Waals surface area (Å²) in [6, 6.07) is 5.28. The van der Waals surface area contributed by atoms with E-state index < -0.39 is 10.2 Å². The highest BCUT2D eigenvalue weighted by Crippen LogP contribution is 2.32. The molecule has 6 nitrogen and oxygen atoms in total. The van der Waals surface area contributed by atoms with Crippen molar-refractivity contribution in [2.24, 2.45) is 0 Å². The zero-order valence-corrected chi connectivity index (χ0v) is 13.3. The summed E-state index contributed by atoms with van der Waals surface area (Å²) in [6.45, 7) is 6.19. The lowest BCUT2D eigenvalue weighted by atomic mass is 10.1. The molecule has 0 radical (unpaired) electrons. The minimum Gasteiger partial charge on any atom is -0.309 e. The number of carbonyl (C=O) groups excluding carboxylic acids is 1. The Kier molecular flexibility index (Phi) is 4.53. The minimum absolute atomic E-state index is 0.0455. The van der Waals surface area contributed by atoms with Gasteiger partial charge in [-0.1, -0.05) is 6.92 Å². The van der Waals surface area contributed by atoms with Crippen molar-refractivity contribution in [2.75, 3.05) is 16.2 Å². The molecule has 2 rings (SSSR count). The van der Waals surface area contributed by atoms with Crippen LogP contribution in [-0.4, -0.2) is 26.9 Å². The van der Waals surface area contributed by atoms with E-state index in [0.717, 1.165) is 17.7 Å². The summed E-state index contributed by atoms with van der Waals surface area (Å²) >= 11 is 0. The normalized spacial score (nSPS) is 14.7. The van der Waals surface area contributed by atoms with Crippen LogP contribution >= 0.6 is 0 Å². The topological polar surface area (TPSA) is 78.5 Å². The van der Waals surface area contributed by atoms with Crippen molar-refractivity contribution in [1.29, 1.82) is 0 Å². The minimum atomic E-state index is -3.56. The summed E-state index contributed by atoms with van der Waals surface area (Å²) in [5.74, 6) is 0.0455. The smallest absolute Gasteiger partial charge is 0.299 e. The summed E-state index contributed by atoms with van der Waals surface area (Å²) in [7, 11) is -3.56. The average molecular weight is 311 g/mol. The molecule has 116 valence electrons. The number of nitrogens with zero attached hydrogens (tertiary/aromatic N) is 1. The lowest BCUT2D eigenvalue weighted by molar-refractivity contribution is -0.117. The highest BCUT2D eigenvalue weighted by Gasteiger charge is 2.29. The summed E-state index contributed by atoms with van der Waals surface area (Å²) < 4.78 is 28.5. The molecule has 0 spiro atoms. The third-order valence-corrected chi connectivity index (χ3v) is 4.35. The Hall–Kier alpha value is -1.60. The van der Waals surface area contributed by atoms with Crippen LogP contribution in [0.4, 0.5) is 11.4 Å². The SMILES string of the molecule is CCCNS(=O)(=O)Nc1ccc2c(c1)CC(=O)N2C(C)C. The second-order valence-electron chi connectivity index (χ2n) is 5.38. The van der Waals surface area contributed by atoms with Gasteiger partial charge in [0.15, 0.2) is 0 Å². The van der Waals surface area contributed by atoms with Gasteiger partial charge in [-0.2, -0.15) is 13.1 Å². The quantitative estimate of drug-likeness (QED) is 0.838. The van der Waals surface area contributed by atoms with Gasteiger partial charge in [0.1, 0.15) is 0 Å². The molecule has 1 heterocycles. The number of carbonyl (C=O) groups is 1. The van der Waals surface area contributed by atoms with E-state index in [1.54, 1.807) is 23.1 Å². The van der Waals surface area contributed by atoms with Crippen LogP contribution in [0, 0.1) is 0 Å². The van der Waals surface area contributed by atoms with Crippen molar-refractivity contribution >= 4 is 27.5 Å². The van der Waals surface area contributed by atoms with Gasteiger partial charge in [0, 0.05) is 18.3 Å². The van der Waals surface area contributed by atoms with Crippen LogP contribution in [0.1, 0.15) is 32.8 Å². The van der Waals surface area contributed by atoms with Gasteiger partial charge in [0.2, 0.25) is 5.91 Å². The van der Waals surface area contributed by atoms with Crippen LogP contribution < -0.4 is 14.3 Å². The molecular weight excluding hydrogens is 290 g/mol. The second kappa shape index (κ2) is 6.03. The Morgan fingerprint density at radius 2 is 2.05 bits per heavy atom. The van der Waals surface area contributed by atoms with Crippen LogP contribution in [0.5, 0.6) is 0 Å². The molecule has 0 aromatic heterocycles. The van der Waals surface area contributed by atoms with Crippen molar-refractivity contribution in [3.63, 3.8) is 0 Å². The molecule has 0 atom stereocenters. The summed E-state index contributed by atoms with van der Waals surface area (Å²) in [6.07, 6.45) is 1.04. The predicted molar refractivity (Wildman–Crippen MR) is 83.6 cm³/mol. The molecule has 1 aliphatic heterocycles. The van der Waals surface area contributed by atoms with E-state index in [1.165, 1.54) is 0 Å². The van der Waals surface area contributed by atoms with Crippen molar-refractivity contribution in [2.45, 2.75) is 39.7 Å². The number of hydrogen-bond donors (Lipinski definition) is 2. The monoisotopic (exact) mass is 311 g/mol. The molecule has 0 fully saturated rings. The van der Waals surface area contributed by atoms with Crippen LogP contribution in [0.15, 0.2) is 18.2 Å². The summed E-state index contributed by atoms with van der Waals surface area (Å²) in [5, 5.41) is 0. The molecule has 1 aliphatic rings. The highest BCUT2D eigenvalue weighted by molar-refractivity contribution is 7.90. The molecule has 0 saturated heterocycles. The molecule has 0 aliphatic carbocycles. The molecule has 7 heteroatoms. The third-order valence-electron chi connectivity index (χ3n) is 3.26. The first-order chi connectivity index (χ1) is 9.84. The summed E-state index contributed by atoms with van der Waals surface area (Å²) in [4.78, 5) is 13.7.